The second-order valence-electron chi connectivity index (χ2n) is 7.58. The molecular formula is C21H21F4N5O2. The summed E-state index contributed by atoms with van der Waals surface area (Å²) in [5.41, 5.74) is 1.88. The number of anilines is 1. The van der Waals surface area contributed by atoms with Gasteiger partial charge in [0, 0.05) is 24.3 Å². The monoisotopic (exact) mass is 451 g/mol. The molecule has 0 bridgehead atoms. The number of aromatic nitrogens is 3. The number of ether oxygens (including phenoxy) is 1. The molecule has 1 aromatic carbocycles. The lowest BCUT2D eigenvalue weighted by Crippen LogP contribution is -2.43. The van der Waals surface area contributed by atoms with Crippen LogP contribution in [0, 0.1) is 12.7 Å². The lowest BCUT2D eigenvalue weighted by atomic mass is 10.1. The van der Waals surface area contributed by atoms with Gasteiger partial charge in [0.2, 0.25) is 0 Å². The van der Waals surface area contributed by atoms with Gasteiger partial charge >= 0.3 is 6.18 Å². The highest BCUT2D eigenvalue weighted by molar-refractivity contribution is 6.00. The fraction of sp³-hybridized carbons (Fsp3) is 0.381. The zero-order valence-corrected chi connectivity index (χ0v) is 17.4. The number of fused-ring (bicyclic) bond motifs is 1. The predicted octanol–water partition coefficient (Wildman–Crippen LogP) is 3.36. The Balaban J connectivity index is 1.68. The second-order valence-corrected chi connectivity index (χ2v) is 7.58. The fourth-order valence-electron chi connectivity index (χ4n) is 3.50. The Morgan fingerprint density at radius 2 is 1.94 bits per heavy atom. The molecule has 1 N–H and O–H groups in total. The van der Waals surface area contributed by atoms with Gasteiger partial charge in [-0.05, 0) is 32.0 Å². The minimum absolute atomic E-state index is 0.0875. The third-order valence-corrected chi connectivity index (χ3v) is 5.33. The molecule has 1 unspecified atom stereocenters. The SMILES string of the molecule is Cc1cc(-c2ccc(N3CCOCC3)c(F)c2)nc2c(C(=O)NC(C)C(F)(F)F)cnn12. The third-order valence-electron chi connectivity index (χ3n) is 5.33. The standard InChI is InChI=1S/C21H21F4N5O2/c1-12-9-17(14-3-4-18(16(22)10-14)29-5-7-32-8-6-29)28-19-15(11-26-30(12)19)20(31)27-13(2)21(23,24)25/h3-4,9-11,13H,5-8H2,1-2H3,(H,27,31). The van der Waals surface area contributed by atoms with Crippen molar-refractivity contribution < 1.29 is 27.1 Å². The Morgan fingerprint density at radius 1 is 1.22 bits per heavy atom. The molecule has 4 rings (SSSR count). The molecule has 1 atom stereocenters. The first-order chi connectivity index (χ1) is 15.1. The number of benzene rings is 1. The maximum atomic E-state index is 14.8. The van der Waals surface area contributed by atoms with E-state index in [0.717, 1.165) is 6.92 Å². The molecule has 1 aliphatic heterocycles. The van der Waals surface area contributed by atoms with Crippen molar-refractivity contribution in [2.24, 2.45) is 0 Å². The van der Waals surface area contributed by atoms with Crippen molar-refractivity contribution in [3.63, 3.8) is 0 Å². The van der Waals surface area contributed by atoms with Crippen LogP contribution >= 0.6 is 0 Å². The summed E-state index contributed by atoms with van der Waals surface area (Å²) >= 11 is 0. The van der Waals surface area contributed by atoms with E-state index >= 15 is 0 Å². The number of rotatable bonds is 4. The summed E-state index contributed by atoms with van der Waals surface area (Å²) in [4.78, 5) is 18.7. The quantitative estimate of drug-likeness (QED) is 0.616. The van der Waals surface area contributed by atoms with Crippen LogP contribution in [0.4, 0.5) is 23.2 Å². The molecule has 1 fully saturated rings. The summed E-state index contributed by atoms with van der Waals surface area (Å²) in [6.07, 6.45) is -3.41. The molecule has 32 heavy (non-hydrogen) atoms. The van der Waals surface area contributed by atoms with Crippen molar-refractivity contribution in [2.45, 2.75) is 26.1 Å². The first-order valence-electron chi connectivity index (χ1n) is 10.0. The fourth-order valence-corrected chi connectivity index (χ4v) is 3.50. The molecule has 3 heterocycles. The van der Waals surface area contributed by atoms with Gasteiger partial charge in [-0.25, -0.2) is 13.9 Å². The van der Waals surface area contributed by atoms with E-state index in [1.807, 2.05) is 10.2 Å². The molecule has 1 aliphatic rings. The van der Waals surface area contributed by atoms with Crippen LogP contribution in [0.3, 0.4) is 0 Å². The summed E-state index contributed by atoms with van der Waals surface area (Å²) in [5.74, 6) is -1.36. The number of nitrogens with zero attached hydrogens (tertiary/aromatic N) is 4. The van der Waals surface area contributed by atoms with E-state index in [1.165, 1.54) is 16.8 Å². The molecule has 1 saturated heterocycles. The van der Waals surface area contributed by atoms with Crippen molar-refractivity contribution in [1.82, 2.24) is 19.9 Å². The van der Waals surface area contributed by atoms with Gasteiger partial charge in [-0.15, -0.1) is 0 Å². The molecule has 0 spiro atoms. The summed E-state index contributed by atoms with van der Waals surface area (Å²) in [7, 11) is 0. The Hall–Kier alpha value is -3.21. The van der Waals surface area contributed by atoms with E-state index in [2.05, 4.69) is 10.1 Å². The molecule has 1 amide bonds. The lowest BCUT2D eigenvalue weighted by Gasteiger charge is -2.29. The van der Waals surface area contributed by atoms with E-state index in [4.69, 9.17) is 4.74 Å². The number of nitrogens with one attached hydrogen (secondary N) is 1. The van der Waals surface area contributed by atoms with Crippen LogP contribution in [0.1, 0.15) is 23.0 Å². The van der Waals surface area contributed by atoms with Crippen LogP contribution in [0.2, 0.25) is 0 Å². The average molecular weight is 451 g/mol. The van der Waals surface area contributed by atoms with Crippen molar-refractivity contribution in [3.05, 3.63) is 47.5 Å². The molecule has 2 aromatic heterocycles. The Kier molecular flexibility index (Phi) is 5.76. The number of amides is 1. The van der Waals surface area contributed by atoms with Crippen molar-refractivity contribution in [2.75, 3.05) is 31.2 Å². The number of alkyl halides is 3. The molecule has 11 heteroatoms. The summed E-state index contributed by atoms with van der Waals surface area (Å²) in [6, 6.07) is 4.37. The van der Waals surface area contributed by atoms with E-state index in [9.17, 15) is 22.4 Å². The third kappa shape index (κ3) is 4.24. The lowest BCUT2D eigenvalue weighted by molar-refractivity contribution is -0.149. The molecule has 0 radical (unpaired) electrons. The smallest absolute Gasteiger partial charge is 0.378 e. The van der Waals surface area contributed by atoms with Crippen LogP contribution < -0.4 is 10.2 Å². The highest BCUT2D eigenvalue weighted by atomic mass is 19.4. The molecular weight excluding hydrogens is 430 g/mol. The van der Waals surface area contributed by atoms with Crippen molar-refractivity contribution in [1.29, 1.82) is 0 Å². The zero-order valence-electron chi connectivity index (χ0n) is 17.4. The predicted molar refractivity (Wildman–Crippen MR) is 109 cm³/mol. The first-order valence-corrected chi connectivity index (χ1v) is 10.0. The number of halogens is 4. The summed E-state index contributed by atoms with van der Waals surface area (Å²) in [6.45, 7) is 4.79. The zero-order chi connectivity index (χ0) is 23.0. The summed E-state index contributed by atoms with van der Waals surface area (Å²) < 4.78 is 60.0. The van der Waals surface area contributed by atoms with Crippen molar-refractivity contribution >= 4 is 17.2 Å². The largest absolute Gasteiger partial charge is 0.408 e. The number of morpholine rings is 1. The van der Waals surface area contributed by atoms with E-state index in [0.29, 0.717) is 48.9 Å². The van der Waals surface area contributed by atoms with Crippen LogP contribution in [0.25, 0.3) is 16.9 Å². The Bertz CT molecular complexity index is 1160. The van der Waals surface area contributed by atoms with Crippen LogP contribution in [-0.4, -0.2) is 59.0 Å². The number of hydrogen-bond acceptors (Lipinski definition) is 5. The second kappa shape index (κ2) is 8.38. The molecule has 0 aliphatic carbocycles. The van der Waals surface area contributed by atoms with Crippen molar-refractivity contribution in [3.8, 4) is 11.3 Å². The van der Waals surface area contributed by atoms with Gasteiger partial charge in [-0.3, -0.25) is 4.79 Å². The average Bonchev–Trinajstić information content (AvgIpc) is 3.18. The van der Waals surface area contributed by atoms with Gasteiger partial charge in [0.15, 0.2) is 5.65 Å². The van der Waals surface area contributed by atoms with Crippen LogP contribution in [0.5, 0.6) is 0 Å². The number of carbonyl (C=O) groups excluding carboxylic acids is 1. The van der Waals surface area contributed by atoms with E-state index in [1.54, 1.807) is 25.1 Å². The highest BCUT2D eigenvalue weighted by Crippen LogP contribution is 2.28. The number of hydrogen-bond donors (Lipinski definition) is 1. The van der Waals surface area contributed by atoms with Gasteiger partial charge in [0.05, 0.1) is 30.8 Å². The van der Waals surface area contributed by atoms with Gasteiger partial charge in [0.1, 0.15) is 17.4 Å². The maximum absolute atomic E-state index is 14.8. The maximum Gasteiger partial charge on any atom is 0.408 e. The first kappa shape index (κ1) is 22.0. The highest BCUT2D eigenvalue weighted by Gasteiger charge is 2.37. The number of aryl methyl sites for hydroxylation is 1. The topological polar surface area (TPSA) is 71.8 Å². The summed E-state index contributed by atoms with van der Waals surface area (Å²) in [5, 5.41) is 5.97. The van der Waals surface area contributed by atoms with Gasteiger partial charge in [-0.2, -0.15) is 18.3 Å². The number of carbonyl (C=O) groups is 1. The van der Waals surface area contributed by atoms with Gasteiger partial charge < -0.3 is 15.0 Å². The Morgan fingerprint density at radius 3 is 2.59 bits per heavy atom. The molecule has 0 saturated carbocycles. The minimum Gasteiger partial charge on any atom is -0.378 e. The molecule has 170 valence electrons. The minimum atomic E-state index is -4.58. The van der Waals surface area contributed by atoms with E-state index < -0.39 is 23.9 Å². The molecule has 3 aromatic rings. The Labute approximate surface area is 181 Å². The normalized spacial score (nSPS) is 15.8. The molecule has 7 nitrogen and oxygen atoms in total. The van der Waals surface area contributed by atoms with Gasteiger partial charge in [-0.1, -0.05) is 6.07 Å². The van der Waals surface area contributed by atoms with Gasteiger partial charge in [0.25, 0.3) is 5.91 Å². The van der Waals surface area contributed by atoms with Crippen LogP contribution in [-0.2, 0) is 4.74 Å². The van der Waals surface area contributed by atoms with Crippen LogP contribution in [0.15, 0.2) is 30.5 Å². The van der Waals surface area contributed by atoms with E-state index in [-0.39, 0.29) is 11.2 Å².